The van der Waals surface area contributed by atoms with Crippen molar-refractivity contribution in [2.45, 2.75) is 0 Å². The summed E-state index contributed by atoms with van der Waals surface area (Å²) in [5.74, 6) is -0.459. The first-order chi connectivity index (χ1) is 11.0. The fourth-order valence-electron chi connectivity index (χ4n) is 1.88. The van der Waals surface area contributed by atoms with Crippen LogP contribution < -0.4 is 10.1 Å². The number of nitriles is 1. The molecule has 0 aromatic heterocycles. The van der Waals surface area contributed by atoms with Crippen LogP contribution in [-0.4, -0.2) is 18.1 Å². The van der Waals surface area contributed by atoms with Crippen molar-refractivity contribution in [2.75, 3.05) is 12.4 Å². The number of ether oxygens (including phenoxy) is 1. The quantitative estimate of drug-likeness (QED) is 0.632. The van der Waals surface area contributed by atoms with E-state index < -0.39 is 5.91 Å². The maximum absolute atomic E-state index is 12.2. The number of hydrogen-bond acceptors (Lipinski definition) is 4. The van der Waals surface area contributed by atoms with Crippen LogP contribution in [0.4, 0.5) is 5.69 Å². The molecule has 0 heterocycles. The first-order valence-corrected chi connectivity index (χ1v) is 7.39. The number of aromatic hydroxyl groups is 1. The standard InChI is InChI=1S/C17H13BrN2O3/c1-23-15-9-13(18)8-11(16(15)21)7-12(10-19)17(22)20-14-5-3-2-4-6-14/h2-9,21H,1H3,(H,20,22)/b12-7+. The minimum absolute atomic E-state index is 0.135. The number of methoxy groups -OCH3 is 1. The number of amides is 1. The third-order valence-electron chi connectivity index (χ3n) is 2.99. The predicted octanol–water partition coefficient (Wildman–Crippen LogP) is 3.71. The molecule has 6 heteroatoms. The number of phenols is 1. The van der Waals surface area contributed by atoms with Crippen LogP contribution in [0.25, 0.3) is 6.08 Å². The summed E-state index contributed by atoms with van der Waals surface area (Å²) in [4.78, 5) is 12.2. The van der Waals surface area contributed by atoms with Crippen LogP contribution in [0.1, 0.15) is 5.56 Å². The number of halogens is 1. The molecule has 0 aliphatic rings. The highest BCUT2D eigenvalue weighted by atomic mass is 79.9. The van der Waals surface area contributed by atoms with Gasteiger partial charge in [-0.05, 0) is 30.3 Å². The van der Waals surface area contributed by atoms with Gasteiger partial charge in [-0.2, -0.15) is 5.26 Å². The Balaban J connectivity index is 2.34. The SMILES string of the molecule is COc1cc(Br)cc(/C=C(\C#N)C(=O)Nc2ccccc2)c1O. The first-order valence-electron chi connectivity index (χ1n) is 6.60. The fraction of sp³-hybridized carbons (Fsp3) is 0.0588. The van der Waals surface area contributed by atoms with Gasteiger partial charge in [-0.3, -0.25) is 4.79 Å². The Labute approximate surface area is 142 Å². The second kappa shape index (κ2) is 7.47. The molecule has 5 nitrogen and oxygen atoms in total. The summed E-state index contributed by atoms with van der Waals surface area (Å²) in [6.07, 6.45) is 1.31. The Hall–Kier alpha value is -2.78. The van der Waals surface area contributed by atoms with Gasteiger partial charge < -0.3 is 15.2 Å². The monoisotopic (exact) mass is 372 g/mol. The molecule has 2 N–H and O–H groups in total. The van der Waals surface area contributed by atoms with E-state index in [4.69, 9.17) is 4.74 Å². The number of hydrogen-bond donors (Lipinski definition) is 2. The summed E-state index contributed by atoms with van der Waals surface area (Å²) in [7, 11) is 1.42. The molecular weight excluding hydrogens is 360 g/mol. The molecule has 0 radical (unpaired) electrons. The molecule has 0 saturated carbocycles. The molecule has 0 aliphatic carbocycles. The lowest BCUT2D eigenvalue weighted by Gasteiger charge is -2.08. The topological polar surface area (TPSA) is 82.3 Å². The van der Waals surface area contributed by atoms with Gasteiger partial charge in [0.05, 0.1) is 7.11 Å². The van der Waals surface area contributed by atoms with Gasteiger partial charge in [0.25, 0.3) is 5.91 Å². The molecule has 2 aromatic carbocycles. The second-order valence-corrected chi connectivity index (χ2v) is 5.45. The number of nitrogens with one attached hydrogen (secondary N) is 1. The van der Waals surface area contributed by atoms with Crippen LogP contribution in [0.5, 0.6) is 11.5 Å². The van der Waals surface area contributed by atoms with Crippen LogP contribution >= 0.6 is 15.9 Å². The summed E-state index contributed by atoms with van der Waals surface area (Å²) in [5.41, 5.74) is 0.745. The van der Waals surface area contributed by atoms with Gasteiger partial charge >= 0.3 is 0 Å². The van der Waals surface area contributed by atoms with Crippen molar-refractivity contribution < 1.29 is 14.6 Å². The molecule has 0 saturated heterocycles. The van der Waals surface area contributed by atoms with Gasteiger partial charge in [0.2, 0.25) is 0 Å². The molecular formula is C17H13BrN2O3. The van der Waals surface area contributed by atoms with Crippen molar-refractivity contribution in [2.24, 2.45) is 0 Å². The van der Waals surface area contributed by atoms with E-state index >= 15 is 0 Å². The van der Waals surface area contributed by atoms with E-state index in [2.05, 4.69) is 21.2 Å². The third kappa shape index (κ3) is 4.11. The highest BCUT2D eigenvalue weighted by Crippen LogP contribution is 2.34. The second-order valence-electron chi connectivity index (χ2n) is 4.54. The van der Waals surface area contributed by atoms with E-state index in [0.717, 1.165) is 0 Å². The average molecular weight is 373 g/mol. The lowest BCUT2D eigenvalue weighted by Crippen LogP contribution is -2.13. The Morgan fingerprint density at radius 3 is 2.65 bits per heavy atom. The largest absolute Gasteiger partial charge is 0.504 e. The van der Waals surface area contributed by atoms with Gasteiger partial charge in [0, 0.05) is 15.7 Å². The number of benzene rings is 2. The van der Waals surface area contributed by atoms with Crippen LogP contribution in [0.3, 0.4) is 0 Å². The molecule has 116 valence electrons. The van der Waals surface area contributed by atoms with E-state index in [-0.39, 0.29) is 17.1 Å². The smallest absolute Gasteiger partial charge is 0.266 e. The van der Waals surface area contributed by atoms with Gasteiger partial charge in [-0.15, -0.1) is 0 Å². The number of carbonyl (C=O) groups excluding carboxylic acids is 1. The molecule has 0 bridgehead atoms. The maximum Gasteiger partial charge on any atom is 0.266 e. The number of carbonyl (C=O) groups is 1. The third-order valence-corrected chi connectivity index (χ3v) is 3.44. The minimum Gasteiger partial charge on any atom is -0.504 e. The predicted molar refractivity (Wildman–Crippen MR) is 91.0 cm³/mol. The van der Waals surface area contributed by atoms with Crippen molar-refractivity contribution >= 4 is 33.6 Å². The van der Waals surface area contributed by atoms with Gasteiger partial charge in [-0.25, -0.2) is 0 Å². The van der Waals surface area contributed by atoms with Crippen LogP contribution in [0.2, 0.25) is 0 Å². The molecule has 2 rings (SSSR count). The van der Waals surface area contributed by atoms with Gasteiger partial charge in [-0.1, -0.05) is 34.1 Å². The molecule has 0 fully saturated rings. The van der Waals surface area contributed by atoms with Crippen molar-refractivity contribution in [3.63, 3.8) is 0 Å². The van der Waals surface area contributed by atoms with Crippen LogP contribution in [0.15, 0.2) is 52.5 Å². The van der Waals surface area contributed by atoms with Crippen molar-refractivity contribution in [1.82, 2.24) is 0 Å². The molecule has 0 aliphatic heterocycles. The van der Waals surface area contributed by atoms with E-state index in [9.17, 15) is 15.2 Å². The maximum atomic E-state index is 12.2. The Bertz CT molecular complexity index is 795. The Kier molecular flexibility index (Phi) is 5.39. The zero-order chi connectivity index (χ0) is 16.8. The van der Waals surface area contributed by atoms with E-state index in [1.165, 1.54) is 13.2 Å². The number of para-hydroxylation sites is 1. The van der Waals surface area contributed by atoms with Crippen LogP contribution in [0, 0.1) is 11.3 Å². The molecule has 0 spiro atoms. The molecule has 0 atom stereocenters. The summed E-state index contributed by atoms with van der Waals surface area (Å²) >= 11 is 3.29. The molecule has 1 amide bonds. The molecule has 23 heavy (non-hydrogen) atoms. The Morgan fingerprint density at radius 2 is 2.04 bits per heavy atom. The highest BCUT2D eigenvalue weighted by molar-refractivity contribution is 9.10. The molecule has 0 unspecified atom stereocenters. The number of phenolic OH excluding ortho intramolecular Hbond substituents is 1. The zero-order valence-corrected chi connectivity index (χ0v) is 13.8. The lowest BCUT2D eigenvalue weighted by molar-refractivity contribution is -0.112. The van der Waals surface area contributed by atoms with Crippen molar-refractivity contribution in [3.05, 3.63) is 58.1 Å². The van der Waals surface area contributed by atoms with Crippen LogP contribution in [-0.2, 0) is 4.79 Å². The Morgan fingerprint density at radius 1 is 1.35 bits per heavy atom. The van der Waals surface area contributed by atoms with Gasteiger partial charge in [0.15, 0.2) is 11.5 Å². The number of anilines is 1. The zero-order valence-electron chi connectivity index (χ0n) is 12.2. The number of nitrogens with zero attached hydrogens (tertiary/aromatic N) is 1. The van der Waals surface area contributed by atoms with E-state index in [0.29, 0.717) is 15.7 Å². The number of rotatable bonds is 4. The summed E-state index contributed by atoms with van der Waals surface area (Å²) in [5, 5.41) is 21.9. The molecule has 2 aromatic rings. The van der Waals surface area contributed by atoms with E-state index in [1.807, 2.05) is 12.1 Å². The summed E-state index contributed by atoms with van der Waals surface area (Å²) < 4.78 is 5.70. The van der Waals surface area contributed by atoms with Crippen molar-refractivity contribution in [1.29, 1.82) is 5.26 Å². The first kappa shape index (κ1) is 16.6. The minimum atomic E-state index is -0.558. The van der Waals surface area contributed by atoms with E-state index in [1.54, 1.807) is 36.4 Å². The van der Waals surface area contributed by atoms with Crippen molar-refractivity contribution in [3.8, 4) is 17.6 Å². The normalized spacial score (nSPS) is 10.7. The fourth-order valence-corrected chi connectivity index (χ4v) is 2.34. The highest BCUT2D eigenvalue weighted by Gasteiger charge is 2.13. The van der Waals surface area contributed by atoms with Gasteiger partial charge in [0.1, 0.15) is 11.6 Å². The summed E-state index contributed by atoms with van der Waals surface area (Å²) in [6.45, 7) is 0. The summed E-state index contributed by atoms with van der Waals surface area (Å²) in [6, 6.07) is 13.8. The lowest BCUT2D eigenvalue weighted by atomic mass is 10.1. The average Bonchev–Trinajstić information content (AvgIpc) is 2.55.